The average Bonchev–Trinajstić information content (AvgIpc) is 2.43. The highest BCUT2D eigenvalue weighted by molar-refractivity contribution is 5.93. The molecule has 108 valence electrons. The van der Waals surface area contributed by atoms with Crippen molar-refractivity contribution >= 4 is 18.0 Å². The molecule has 4 nitrogen and oxygen atoms in total. The third-order valence-electron chi connectivity index (χ3n) is 2.74. The molecule has 0 spiro atoms. The summed E-state index contributed by atoms with van der Waals surface area (Å²) in [6.07, 6.45) is 3.12. The van der Waals surface area contributed by atoms with Crippen LogP contribution in [0.1, 0.15) is 37.8 Å². The zero-order chi connectivity index (χ0) is 15.0. The van der Waals surface area contributed by atoms with Gasteiger partial charge in [0.2, 0.25) is 5.91 Å². The first-order valence-corrected chi connectivity index (χ1v) is 6.74. The number of ether oxygens (including phenoxy) is 1. The smallest absolute Gasteiger partial charge is 0.325 e. The van der Waals surface area contributed by atoms with E-state index in [0.29, 0.717) is 12.5 Å². The Hall–Kier alpha value is -2.10. The highest BCUT2D eigenvalue weighted by atomic mass is 16.5. The molecule has 0 aliphatic rings. The Kier molecular flexibility index (Phi) is 6.50. The van der Waals surface area contributed by atoms with Gasteiger partial charge in [-0.1, -0.05) is 38.1 Å². The fraction of sp³-hybridized carbons (Fsp3) is 0.375. The molecule has 0 aliphatic carbocycles. The van der Waals surface area contributed by atoms with Gasteiger partial charge < -0.3 is 10.1 Å². The van der Waals surface area contributed by atoms with Gasteiger partial charge >= 0.3 is 5.97 Å². The van der Waals surface area contributed by atoms with Crippen LogP contribution in [0.3, 0.4) is 0 Å². The number of carbonyl (C=O) groups excluding carboxylic acids is 2. The van der Waals surface area contributed by atoms with Gasteiger partial charge in [-0.25, -0.2) is 0 Å². The van der Waals surface area contributed by atoms with Crippen molar-refractivity contribution in [1.29, 1.82) is 0 Å². The molecular weight excluding hydrogens is 254 g/mol. The van der Waals surface area contributed by atoms with Crippen LogP contribution < -0.4 is 5.32 Å². The third-order valence-corrected chi connectivity index (χ3v) is 2.74. The topological polar surface area (TPSA) is 55.4 Å². The standard InChI is InChI=1S/C16H21NO3/c1-4-20-16(19)11-17-15(18)10-7-13-5-8-14(9-6-13)12(2)3/h5-10,12H,4,11H2,1-3H3,(H,17,18)/b10-7+. The summed E-state index contributed by atoms with van der Waals surface area (Å²) in [6.45, 7) is 6.19. The molecule has 1 amide bonds. The molecule has 0 heterocycles. The molecule has 1 N–H and O–H groups in total. The number of amides is 1. The number of rotatable bonds is 6. The summed E-state index contributed by atoms with van der Waals surface area (Å²) in [7, 11) is 0. The summed E-state index contributed by atoms with van der Waals surface area (Å²) in [5, 5.41) is 2.47. The molecule has 0 saturated heterocycles. The van der Waals surface area contributed by atoms with E-state index in [-0.39, 0.29) is 12.5 Å². The van der Waals surface area contributed by atoms with Crippen LogP contribution in [-0.2, 0) is 14.3 Å². The van der Waals surface area contributed by atoms with E-state index < -0.39 is 5.97 Å². The largest absolute Gasteiger partial charge is 0.465 e. The average molecular weight is 275 g/mol. The lowest BCUT2D eigenvalue weighted by Gasteiger charge is -2.04. The van der Waals surface area contributed by atoms with E-state index >= 15 is 0 Å². The van der Waals surface area contributed by atoms with E-state index in [1.165, 1.54) is 11.6 Å². The van der Waals surface area contributed by atoms with Gasteiger partial charge in [-0.15, -0.1) is 0 Å². The Balaban J connectivity index is 2.46. The van der Waals surface area contributed by atoms with Crippen molar-refractivity contribution < 1.29 is 14.3 Å². The van der Waals surface area contributed by atoms with E-state index in [2.05, 4.69) is 19.2 Å². The zero-order valence-corrected chi connectivity index (χ0v) is 12.2. The Labute approximate surface area is 119 Å². The van der Waals surface area contributed by atoms with Crippen molar-refractivity contribution in [3.05, 3.63) is 41.5 Å². The molecule has 0 radical (unpaired) electrons. The quantitative estimate of drug-likeness (QED) is 0.641. The van der Waals surface area contributed by atoms with E-state index in [4.69, 9.17) is 4.74 Å². The maximum absolute atomic E-state index is 11.5. The van der Waals surface area contributed by atoms with Crippen LogP contribution in [0.2, 0.25) is 0 Å². The Morgan fingerprint density at radius 1 is 1.25 bits per heavy atom. The first-order chi connectivity index (χ1) is 9.52. The molecule has 0 atom stereocenters. The minimum atomic E-state index is -0.435. The predicted molar refractivity (Wildman–Crippen MR) is 79.2 cm³/mol. The Morgan fingerprint density at radius 3 is 2.45 bits per heavy atom. The van der Waals surface area contributed by atoms with Crippen LogP contribution >= 0.6 is 0 Å². The number of hydrogen-bond donors (Lipinski definition) is 1. The first kappa shape index (κ1) is 16.0. The van der Waals surface area contributed by atoms with Gasteiger partial charge in [0.1, 0.15) is 6.54 Å². The summed E-state index contributed by atoms with van der Waals surface area (Å²) >= 11 is 0. The monoisotopic (exact) mass is 275 g/mol. The van der Waals surface area contributed by atoms with Crippen molar-refractivity contribution in [1.82, 2.24) is 5.32 Å². The maximum Gasteiger partial charge on any atom is 0.325 e. The van der Waals surface area contributed by atoms with Gasteiger partial charge in [0.15, 0.2) is 0 Å². The molecule has 20 heavy (non-hydrogen) atoms. The summed E-state index contributed by atoms with van der Waals surface area (Å²) in [5.74, 6) is -0.262. The lowest BCUT2D eigenvalue weighted by Crippen LogP contribution is -2.29. The summed E-state index contributed by atoms with van der Waals surface area (Å²) in [5.41, 5.74) is 2.20. The molecule has 0 saturated carbocycles. The molecule has 0 aliphatic heterocycles. The van der Waals surface area contributed by atoms with Crippen molar-refractivity contribution in [3.8, 4) is 0 Å². The molecule has 0 aromatic heterocycles. The fourth-order valence-corrected chi connectivity index (χ4v) is 1.59. The van der Waals surface area contributed by atoms with Crippen LogP contribution in [0, 0.1) is 0 Å². The highest BCUT2D eigenvalue weighted by Crippen LogP contribution is 2.15. The lowest BCUT2D eigenvalue weighted by molar-refractivity contribution is -0.143. The number of carbonyl (C=O) groups is 2. The summed E-state index contributed by atoms with van der Waals surface area (Å²) in [6, 6.07) is 8.01. The van der Waals surface area contributed by atoms with Gasteiger partial charge in [0.25, 0.3) is 0 Å². The number of nitrogens with one attached hydrogen (secondary N) is 1. The second-order valence-electron chi connectivity index (χ2n) is 4.68. The third kappa shape index (κ3) is 5.69. The van der Waals surface area contributed by atoms with E-state index in [1.54, 1.807) is 13.0 Å². The van der Waals surface area contributed by atoms with Gasteiger partial charge in [-0.2, -0.15) is 0 Å². The fourth-order valence-electron chi connectivity index (χ4n) is 1.59. The molecule has 1 rings (SSSR count). The molecular formula is C16H21NO3. The van der Waals surface area contributed by atoms with Gasteiger partial charge in [-0.3, -0.25) is 9.59 Å². The SMILES string of the molecule is CCOC(=O)CNC(=O)/C=C/c1ccc(C(C)C)cc1. The van der Waals surface area contributed by atoms with Gasteiger partial charge in [0.05, 0.1) is 6.61 Å². The maximum atomic E-state index is 11.5. The Morgan fingerprint density at radius 2 is 1.90 bits per heavy atom. The van der Waals surface area contributed by atoms with Crippen LogP contribution in [0.4, 0.5) is 0 Å². The van der Waals surface area contributed by atoms with Crippen molar-refractivity contribution in [3.63, 3.8) is 0 Å². The minimum absolute atomic E-state index is 0.108. The van der Waals surface area contributed by atoms with Crippen LogP contribution in [0.5, 0.6) is 0 Å². The molecule has 1 aromatic rings. The van der Waals surface area contributed by atoms with Crippen molar-refractivity contribution in [2.24, 2.45) is 0 Å². The second kappa shape index (κ2) is 8.15. The number of hydrogen-bond acceptors (Lipinski definition) is 3. The Bertz CT molecular complexity index is 475. The van der Waals surface area contributed by atoms with Crippen LogP contribution in [0.25, 0.3) is 6.08 Å². The lowest BCUT2D eigenvalue weighted by atomic mass is 10.0. The predicted octanol–water partition coefficient (Wildman–Crippen LogP) is 2.50. The van der Waals surface area contributed by atoms with E-state index in [9.17, 15) is 9.59 Å². The normalized spacial score (nSPS) is 10.8. The molecule has 1 aromatic carbocycles. The molecule has 0 bridgehead atoms. The van der Waals surface area contributed by atoms with Crippen molar-refractivity contribution in [2.75, 3.05) is 13.2 Å². The molecule has 0 fully saturated rings. The molecule has 4 heteroatoms. The van der Waals surface area contributed by atoms with E-state index in [0.717, 1.165) is 5.56 Å². The van der Waals surface area contributed by atoms with Gasteiger partial charge in [0, 0.05) is 6.08 Å². The first-order valence-electron chi connectivity index (χ1n) is 6.74. The van der Waals surface area contributed by atoms with Crippen LogP contribution in [0.15, 0.2) is 30.3 Å². The number of benzene rings is 1. The van der Waals surface area contributed by atoms with E-state index in [1.807, 2.05) is 24.3 Å². The second-order valence-corrected chi connectivity index (χ2v) is 4.68. The zero-order valence-electron chi connectivity index (χ0n) is 12.2. The minimum Gasteiger partial charge on any atom is -0.465 e. The summed E-state index contributed by atoms with van der Waals surface area (Å²) < 4.78 is 4.71. The van der Waals surface area contributed by atoms with Crippen molar-refractivity contribution in [2.45, 2.75) is 26.7 Å². The summed E-state index contributed by atoms with van der Waals surface area (Å²) in [4.78, 5) is 22.6. The highest BCUT2D eigenvalue weighted by Gasteiger charge is 2.03. The van der Waals surface area contributed by atoms with Gasteiger partial charge in [-0.05, 0) is 30.0 Å². The number of esters is 1. The van der Waals surface area contributed by atoms with Crippen LogP contribution in [-0.4, -0.2) is 25.0 Å². The molecule has 0 unspecified atom stereocenters.